The zero-order chi connectivity index (χ0) is 14.5. The lowest BCUT2D eigenvalue weighted by Crippen LogP contribution is -2.25. The average molecular weight is 269 g/mol. The Morgan fingerprint density at radius 1 is 1.47 bits per heavy atom. The lowest BCUT2D eigenvalue weighted by Gasteiger charge is -2.25. The van der Waals surface area contributed by atoms with Gasteiger partial charge in [-0.25, -0.2) is 9.18 Å². The van der Waals surface area contributed by atoms with Crippen LogP contribution in [0.15, 0.2) is 18.2 Å². The monoisotopic (exact) mass is 269 g/mol. The first-order valence-electron chi connectivity index (χ1n) is 6.12. The smallest absolute Gasteiger partial charge is 0.337 e. The highest BCUT2D eigenvalue weighted by molar-refractivity contribution is 5.94. The van der Waals surface area contributed by atoms with Gasteiger partial charge in [0, 0.05) is 20.3 Å². The normalized spacial score (nSPS) is 11.4. The topological polar surface area (TPSA) is 58.6 Å². The van der Waals surface area contributed by atoms with Crippen LogP contribution in [0.3, 0.4) is 0 Å². The minimum Gasteiger partial charge on any atom is -0.478 e. The Balaban J connectivity index is 2.80. The Bertz CT molecular complexity index is 446. The van der Waals surface area contributed by atoms with Crippen LogP contribution in [0.1, 0.15) is 30.6 Å². The van der Waals surface area contributed by atoms with Crippen molar-refractivity contribution in [3.8, 4) is 0 Å². The summed E-state index contributed by atoms with van der Waals surface area (Å²) in [6, 6.07) is 4.02. The maximum absolute atomic E-state index is 13.7. The maximum atomic E-state index is 13.7. The molecule has 1 rings (SSSR count). The number of aromatic carboxylic acids is 1. The maximum Gasteiger partial charge on any atom is 0.337 e. The van der Waals surface area contributed by atoms with E-state index in [1.54, 1.807) is 7.11 Å². The van der Waals surface area contributed by atoms with Gasteiger partial charge in [0.05, 0.1) is 11.3 Å². The molecule has 0 heterocycles. The molecule has 0 radical (unpaired) electrons. The van der Waals surface area contributed by atoms with Crippen molar-refractivity contribution in [1.82, 2.24) is 0 Å². The van der Waals surface area contributed by atoms with E-state index in [4.69, 9.17) is 9.84 Å². The van der Waals surface area contributed by atoms with Gasteiger partial charge in [0.25, 0.3) is 0 Å². The lowest BCUT2D eigenvalue weighted by atomic mass is 9.89. The fraction of sp³-hybridized carbons (Fsp3) is 0.500. The number of ether oxygens (including phenoxy) is 1. The van der Waals surface area contributed by atoms with Crippen LogP contribution in [0.2, 0.25) is 0 Å². The number of hydrogen-bond acceptors (Lipinski definition) is 3. The second-order valence-corrected chi connectivity index (χ2v) is 5.23. The fourth-order valence-electron chi connectivity index (χ4n) is 1.68. The Labute approximate surface area is 112 Å². The number of carboxylic acid groups (broad SMARTS) is 1. The molecule has 0 aliphatic heterocycles. The molecular formula is C14H20FNO3. The van der Waals surface area contributed by atoms with E-state index in [-0.39, 0.29) is 16.7 Å². The molecule has 106 valence electrons. The van der Waals surface area contributed by atoms with Crippen LogP contribution in [0.25, 0.3) is 0 Å². The van der Waals surface area contributed by atoms with Crippen molar-refractivity contribution in [1.29, 1.82) is 0 Å². The van der Waals surface area contributed by atoms with E-state index in [1.165, 1.54) is 18.2 Å². The third kappa shape index (κ3) is 4.52. The van der Waals surface area contributed by atoms with E-state index in [9.17, 15) is 9.18 Å². The number of carbonyl (C=O) groups is 1. The van der Waals surface area contributed by atoms with Gasteiger partial charge in [-0.2, -0.15) is 0 Å². The van der Waals surface area contributed by atoms with Gasteiger partial charge in [0.1, 0.15) is 5.82 Å². The Morgan fingerprint density at radius 2 is 2.16 bits per heavy atom. The molecule has 0 bridgehead atoms. The van der Waals surface area contributed by atoms with Gasteiger partial charge in [0.15, 0.2) is 0 Å². The predicted octanol–water partition coefficient (Wildman–Crippen LogP) is 3.00. The summed E-state index contributed by atoms with van der Waals surface area (Å²) in [5, 5.41) is 11.9. The summed E-state index contributed by atoms with van der Waals surface area (Å²) in [5.74, 6) is -1.70. The van der Waals surface area contributed by atoms with Crippen molar-refractivity contribution < 1.29 is 19.0 Å². The molecule has 1 aromatic carbocycles. The fourth-order valence-corrected chi connectivity index (χ4v) is 1.68. The molecule has 0 aliphatic carbocycles. The van der Waals surface area contributed by atoms with E-state index in [0.29, 0.717) is 13.2 Å². The molecule has 0 atom stereocenters. The summed E-state index contributed by atoms with van der Waals surface area (Å²) < 4.78 is 18.7. The average Bonchev–Trinajstić information content (AvgIpc) is 2.34. The Kier molecular flexibility index (Phi) is 5.30. The highest BCUT2D eigenvalue weighted by Gasteiger charge is 2.20. The van der Waals surface area contributed by atoms with Crippen LogP contribution >= 0.6 is 0 Å². The number of anilines is 1. The summed E-state index contributed by atoms with van der Waals surface area (Å²) in [5.41, 5.74) is -0.128. The molecule has 0 saturated carbocycles. The molecule has 4 nitrogen and oxygen atoms in total. The molecule has 0 unspecified atom stereocenters. The number of benzene rings is 1. The van der Waals surface area contributed by atoms with Crippen molar-refractivity contribution >= 4 is 11.7 Å². The van der Waals surface area contributed by atoms with Crippen LogP contribution in [-0.4, -0.2) is 31.3 Å². The molecule has 0 spiro atoms. The molecule has 5 heteroatoms. The summed E-state index contributed by atoms with van der Waals surface area (Å²) >= 11 is 0. The number of rotatable bonds is 7. The highest BCUT2D eigenvalue weighted by Crippen LogP contribution is 2.25. The van der Waals surface area contributed by atoms with Crippen molar-refractivity contribution in [2.45, 2.75) is 20.3 Å². The molecule has 1 aromatic rings. The van der Waals surface area contributed by atoms with Gasteiger partial charge < -0.3 is 15.2 Å². The number of methoxy groups -OCH3 is 1. The molecule has 2 N–H and O–H groups in total. The molecule has 0 aromatic heterocycles. The Morgan fingerprint density at radius 3 is 2.74 bits per heavy atom. The first-order chi connectivity index (χ1) is 8.87. The number of carboxylic acids is 1. The highest BCUT2D eigenvalue weighted by atomic mass is 19.1. The van der Waals surface area contributed by atoms with E-state index in [2.05, 4.69) is 5.32 Å². The third-order valence-electron chi connectivity index (χ3n) is 2.97. The zero-order valence-electron chi connectivity index (χ0n) is 11.5. The van der Waals surface area contributed by atoms with Gasteiger partial charge in [-0.3, -0.25) is 0 Å². The van der Waals surface area contributed by atoms with Crippen LogP contribution in [-0.2, 0) is 4.74 Å². The minimum atomic E-state index is -1.14. The SMILES string of the molecule is COCCC(C)(C)CNc1c(F)cccc1C(=O)O. The first kappa shape index (κ1) is 15.4. The van der Waals surface area contributed by atoms with Gasteiger partial charge in [-0.05, 0) is 24.0 Å². The van der Waals surface area contributed by atoms with Crippen LogP contribution < -0.4 is 5.32 Å². The summed E-state index contributed by atoms with van der Waals surface area (Å²) in [7, 11) is 1.63. The number of nitrogens with one attached hydrogen (secondary N) is 1. The first-order valence-corrected chi connectivity index (χ1v) is 6.12. The largest absolute Gasteiger partial charge is 0.478 e. The molecular weight excluding hydrogens is 249 g/mol. The van der Waals surface area contributed by atoms with E-state index >= 15 is 0 Å². The zero-order valence-corrected chi connectivity index (χ0v) is 11.5. The summed E-state index contributed by atoms with van der Waals surface area (Å²) in [6.45, 7) is 5.11. The van der Waals surface area contributed by atoms with E-state index in [1.807, 2.05) is 13.8 Å². The quantitative estimate of drug-likeness (QED) is 0.799. The standard InChI is InChI=1S/C14H20FNO3/c1-14(2,7-8-19-3)9-16-12-10(13(17)18)5-4-6-11(12)15/h4-6,16H,7-9H2,1-3H3,(H,17,18). The van der Waals surface area contributed by atoms with Crippen LogP contribution in [0.5, 0.6) is 0 Å². The van der Waals surface area contributed by atoms with Crippen molar-refractivity contribution in [3.63, 3.8) is 0 Å². The second kappa shape index (κ2) is 6.52. The second-order valence-electron chi connectivity index (χ2n) is 5.23. The van der Waals surface area contributed by atoms with Gasteiger partial charge in [0.2, 0.25) is 0 Å². The summed E-state index contributed by atoms with van der Waals surface area (Å²) in [4.78, 5) is 11.0. The molecule has 0 fully saturated rings. The lowest BCUT2D eigenvalue weighted by molar-refractivity contribution is 0.0697. The Hall–Kier alpha value is -1.62. The minimum absolute atomic E-state index is 0.0421. The molecule has 0 amide bonds. The van der Waals surface area contributed by atoms with Gasteiger partial charge in [-0.1, -0.05) is 19.9 Å². The molecule has 19 heavy (non-hydrogen) atoms. The van der Waals surface area contributed by atoms with E-state index in [0.717, 1.165) is 6.42 Å². The van der Waals surface area contributed by atoms with Crippen LogP contribution in [0, 0.1) is 11.2 Å². The van der Waals surface area contributed by atoms with Gasteiger partial charge >= 0.3 is 5.97 Å². The molecule has 0 saturated heterocycles. The van der Waals surface area contributed by atoms with Crippen LogP contribution in [0.4, 0.5) is 10.1 Å². The summed E-state index contributed by atoms with van der Waals surface area (Å²) in [6.07, 6.45) is 0.799. The predicted molar refractivity (Wildman–Crippen MR) is 72.1 cm³/mol. The van der Waals surface area contributed by atoms with Crippen molar-refractivity contribution in [2.24, 2.45) is 5.41 Å². The van der Waals surface area contributed by atoms with E-state index < -0.39 is 11.8 Å². The number of hydrogen-bond donors (Lipinski definition) is 2. The van der Waals surface area contributed by atoms with Crippen molar-refractivity contribution in [2.75, 3.05) is 25.6 Å². The molecule has 0 aliphatic rings. The van der Waals surface area contributed by atoms with Crippen molar-refractivity contribution in [3.05, 3.63) is 29.6 Å². The van der Waals surface area contributed by atoms with Gasteiger partial charge in [-0.15, -0.1) is 0 Å². The number of halogens is 1. The third-order valence-corrected chi connectivity index (χ3v) is 2.97. The number of para-hydroxylation sites is 1.